The number of pyridine rings is 1. The van der Waals surface area contributed by atoms with Crippen LogP contribution in [0.4, 0.5) is 0 Å². The first kappa shape index (κ1) is 16.5. The molecule has 132 valence electrons. The summed E-state index contributed by atoms with van der Waals surface area (Å²) >= 11 is 0. The van der Waals surface area contributed by atoms with Crippen molar-refractivity contribution in [1.29, 1.82) is 0 Å². The second-order valence-corrected chi connectivity index (χ2v) is 7.84. The molecule has 1 atom stereocenters. The number of nitrogens with zero attached hydrogens (tertiary/aromatic N) is 2. The lowest BCUT2D eigenvalue weighted by Crippen LogP contribution is -2.48. The van der Waals surface area contributed by atoms with Gasteiger partial charge in [0.05, 0.1) is 12.2 Å². The fourth-order valence-corrected chi connectivity index (χ4v) is 4.42. The number of aromatic nitrogens is 1. The molecule has 1 aromatic heterocycles. The molecule has 0 N–H and O–H groups in total. The fraction of sp³-hybridized carbons (Fsp3) is 0.750. The Morgan fingerprint density at radius 2 is 1.96 bits per heavy atom. The van der Waals surface area contributed by atoms with Crippen LogP contribution in [0.5, 0.6) is 0 Å². The average molecular weight is 330 g/mol. The van der Waals surface area contributed by atoms with Gasteiger partial charge in [-0.25, -0.2) is 0 Å². The molecule has 0 radical (unpaired) electrons. The van der Waals surface area contributed by atoms with Crippen LogP contribution in [0.2, 0.25) is 0 Å². The van der Waals surface area contributed by atoms with Crippen LogP contribution < -0.4 is 0 Å². The lowest BCUT2D eigenvalue weighted by Gasteiger charge is -2.42. The van der Waals surface area contributed by atoms with Crippen molar-refractivity contribution in [3.05, 3.63) is 30.1 Å². The van der Waals surface area contributed by atoms with Crippen molar-refractivity contribution >= 4 is 0 Å². The van der Waals surface area contributed by atoms with Gasteiger partial charge < -0.3 is 14.4 Å². The average Bonchev–Trinajstić information content (AvgIpc) is 3.36. The minimum absolute atomic E-state index is 0.153. The van der Waals surface area contributed by atoms with Gasteiger partial charge in [0, 0.05) is 45.2 Å². The van der Waals surface area contributed by atoms with Gasteiger partial charge in [0.1, 0.15) is 0 Å². The van der Waals surface area contributed by atoms with Gasteiger partial charge >= 0.3 is 0 Å². The summed E-state index contributed by atoms with van der Waals surface area (Å²) in [5, 5.41) is 0. The van der Waals surface area contributed by atoms with Gasteiger partial charge in [0.25, 0.3) is 0 Å². The molecule has 0 bridgehead atoms. The van der Waals surface area contributed by atoms with Crippen molar-refractivity contribution < 1.29 is 9.47 Å². The molecule has 3 aliphatic rings. The molecular formula is C20H30N2O2. The predicted octanol–water partition coefficient (Wildman–Crippen LogP) is 3.27. The first-order chi connectivity index (χ1) is 11.8. The third-order valence-electron chi connectivity index (χ3n) is 6.14. The number of piperidine rings is 1. The number of likely N-dealkylation sites (tertiary alicyclic amines) is 1. The van der Waals surface area contributed by atoms with Crippen LogP contribution in [0.1, 0.15) is 44.1 Å². The molecule has 1 saturated carbocycles. The summed E-state index contributed by atoms with van der Waals surface area (Å²) in [5.74, 6) is 1.68. The zero-order valence-electron chi connectivity index (χ0n) is 14.7. The van der Waals surface area contributed by atoms with Gasteiger partial charge in [0.2, 0.25) is 0 Å². The molecule has 0 unspecified atom stereocenters. The van der Waals surface area contributed by atoms with Crippen LogP contribution in [-0.2, 0) is 16.1 Å². The molecule has 4 rings (SSSR count). The Kier molecular flexibility index (Phi) is 5.16. The topological polar surface area (TPSA) is 34.6 Å². The maximum Gasteiger partial charge on any atom is 0.0736 e. The highest BCUT2D eigenvalue weighted by molar-refractivity contribution is 5.07. The maximum atomic E-state index is 6.29. The minimum atomic E-state index is 0.153. The van der Waals surface area contributed by atoms with Crippen LogP contribution in [0.15, 0.2) is 24.5 Å². The van der Waals surface area contributed by atoms with E-state index in [1.807, 2.05) is 24.5 Å². The Morgan fingerprint density at radius 1 is 1.17 bits per heavy atom. The summed E-state index contributed by atoms with van der Waals surface area (Å²) in [6, 6.07) is 4.05. The van der Waals surface area contributed by atoms with Crippen LogP contribution in [0, 0.1) is 11.8 Å². The molecule has 0 amide bonds. The normalized spacial score (nSPS) is 26.9. The highest BCUT2D eigenvalue weighted by Gasteiger charge is 2.46. The minimum Gasteiger partial charge on any atom is -0.377 e. The molecule has 1 spiro atoms. The van der Waals surface area contributed by atoms with Gasteiger partial charge in [-0.15, -0.1) is 0 Å². The van der Waals surface area contributed by atoms with E-state index in [1.165, 1.54) is 57.3 Å². The molecule has 2 aliphatic heterocycles. The lowest BCUT2D eigenvalue weighted by molar-refractivity contribution is -0.0726. The van der Waals surface area contributed by atoms with Gasteiger partial charge in [0.15, 0.2) is 0 Å². The van der Waals surface area contributed by atoms with E-state index >= 15 is 0 Å². The molecule has 4 nitrogen and oxygen atoms in total. The summed E-state index contributed by atoms with van der Waals surface area (Å²) in [5.41, 5.74) is 1.36. The van der Waals surface area contributed by atoms with Crippen LogP contribution >= 0.6 is 0 Å². The van der Waals surface area contributed by atoms with Crippen molar-refractivity contribution in [3.8, 4) is 0 Å². The van der Waals surface area contributed by atoms with Crippen molar-refractivity contribution in [2.24, 2.45) is 11.8 Å². The first-order valence-electron chi connectivity index (χ1n) is 9.67. The van der Waals surface area contributed by atoms with E-state index in [-0.39, 0.29) is 5.60 Å². The van der Waals surface area contributed by atoms with Crippen molar-refractivity contribution in [2.45, 2.75) is 50.7 Å². The predicted molar refractivity (Wildman–Crippen MR) is 93.7 cm³/mol. The largest absolute Gasteiger partial charge is 0.377 e. The third kappa shape index (κ3) is 3.98. The van der Waals surface area contributed by atoms with Gasteiger partial charge in [-0.2, -0.15) is 0 Å². The van der Waals surface area contributed by atoms with E-state index in [0.29, 0.717) is 12.5 Å². The van der Waals surface area contributed by atoms with E-state index in [4.69, 9.17) is 9.47 Å². The number of hydrogen-bond donors (Lipinski definition) is 0. The van der Waals surface area contributed by atoms with Gasteiger partial charge in [-0.1, -0.05) is 0 Å². The van der Waals surface area contributed by atoms with Crippen molar-refractivity contribution in [1.82, 2.24) is 9.88 Å². The van der Waals surface area contributed by atoms with Crippen molar-refractivity contribution in [3.63, 3.8) is 0 Å². The molecule has 4 heteroatoms. The molecule has 1 aromatic rings. The van der Waals surface area contributed by atoms with E-state index in [1.54, 1.807) is 0 Å². The fourth-order valence-electron chi connectivity index (χ4n) is 4.42. The Bertz CT molecular complexity index is 510. The maximum absolute atomic E-state index is 6.29. The molecule has 3 fully saturated rings. The monoisotopic (exact) mass is 330 g/mol. The molecule has 1 aliphatic carbocycles. The summed E-state index contributed by atoms with van der Waals surface area (Å²) < 4.78 is 12.2. The smallest absolute Gasteiger partial charge is 0.0736 e. The Balaban J connectivity index is 1.21. The zero-order valence-corrected chi connectivity index (χ0v) is 14.7. The van der Waals surface area contributed by atoms with Crippen molar-refractivity contribution in [2.75, 3.05) is 32.8 Å². The highest BCUT2D eigenvalue weighted by atomic mass is 16.5. The number of hydrogen-bond acceptors (Lipinski definition) is 4. The Morgan fingerprint density at radius 3 is 2.71 bits per heavy atom. The van der Waals surface area contributed by atoms with Crippen LogP contribution in [0.25, 0.3) is 0 Å². The molecule has 0 aromatic carbocycles. The Hall–Kier alpha value is -0.970. The number of ether oxygens (including phenoxy) is 2. The molecular weight excluding hydrogens is 300 g/mol. The van der Waals surface area contributed by atoms with E-state index in [0.717, 1.165) is 25.6 Å². The van der Waals surface area contributed by atoms with Gasteiger partial charge in [-0.3, -0.25) is 4.98 Å². The van der Waals surface area contributed by atoms with E-state index in [9.17, 15) is 0 Å². The standard InChI is InChI=1S/C20H30N2O2/c1-2-17(1)15-22-11-7-20(8-12-22)19(6-14-24-20)5-13-23-16-18-3-9-21-10-4-18/h3-4,9-10,17,19H,1-2,5-8,11-16H2/t19-/m0/s1. The molecule has 3 heterocycles. The van der Waals surface area contributed by atoms with Gasteiger partial charge in [-0.05, 0) is 68.1 Å². The van der Waals surface area contributed by atoms with E-state index in [2.05, 4.69) is 9.88 Å². The molecule has 24 heavy (non-hydrogen) atoms. The third-order valence-corrected chi connectivity index (χ3v) is 6.14. The quantitative estimate of drug-likeness (QED) is 0.719. The zero-order chi connectivity index (χ0) is 16.2. The van der Waals surface area contributed by atoms with Crippen LogP contribution in [0.3, 0.4) is 0 Å². The SMILES string of the molecule is c1cc(COCC[C@H]2CCOC23CCN(CC2CC2)CC3)ccn1. The van der Waals surface area contributed by atoms with E-state index < -0.39 is 0 Å². The first-order valence-corrected chi connectivity index (χ1v) is 9.67. The van der Waals surface area contributed by atoms with Crippen LogP contribution in [-0.4, -0.2) is 48.3 Å². The summed E-state index contributed by atoms with van der Waals surface area (Å²) in [6.07, 6.45) is 11.3. The second kappa shape index (κ2) is 7.51. The molecule has 2 saturated heterocycles. The summed E-state index contributed by atoms with van der Waals surface area (Å²) in [6.45, 7) is 6.26. The number of rotatable bonds is 7. The summed E-state index contributed by atoms with van der Waals surface area (Å²) in [7, 11) is 0. The lowest BCUT2D eigenvalue weighted by atomic mass is 9.78. The Labute approximate surface area is 145 Å². The summed E-state index contributed by atoms with van der Waals surface area (Å²) in [4.78, 5) is 6.71. The highest BCUT2D eigenvalue weighted by Crippen LogP contribution is 2.43. The second-order valence-electron chi connectivity index (χ2n) is 7.84.